The normalized spacial score (nSPS) is 20.7. The molecule has 1 aromatic rings. The standard InChI is InChI=1S/C23H30F3N3O2/c1-21(2,14-27)15-28-12-10-19(11-13-28)29(18-8-9-18)20(30)16-4-6-17(7-5-16)22(3,31)23(24,25)26/h4-7,18-19,31H,8-13,15H2,1-3H3. The van der Waals surface area contributed by atoms with Crippen LogP contribution < -0.4 is 0 Å². The van der Waals surface area contributed by atoms with E-state index >= 15 is 0 Å². The number of hydrogen-bond acceptors (Lipinski definition) is 4. The number of carbonyl (C=O) groups is 1. The van der Waals surface area contributed by atoms with Crippen LogP contribution in [0, 0.1) is 16.7 Å². The molecule has 0 spiro atoms. The summed E-state index contributed by atoms with van der Waals surface area (Å²) in [5.41, 5.74) is -3.34. The largest absolute Gasteiger partial charge is 0.421 e. The Morgan fingerprint density at radius 1 is 1.10 bits per heavy atom. The molecule has 1 saturated carbocycles. The molecule has 0 aromatic heterocycles. The Morgan fingerprint density at radius 2 is 1.61 bits per heavy atom. The number of hydrogen-bond donors (Lipinski definition) is 1. The zero-order valence-electron chi connectivity index (χ0n) is 18.2. The van der Waals surface area contributed by atoms with Crippen molar-refractivity contribution in [2.24, 2.45) is 5.41 Å². The van der Waals surface area contributed by atoms with E-state index in [1.54, 1.807) is 0 Å². The first-order chi connectivity index (χ1) is 14.4. The van der Waals surface area contributed by atoms with Gasteiger partial charge < -0.3 is 14.9 Å². The van der Waals surface area contributed by atoms with Crippen molar-refractivity contribution in [2.45, 2.75) is 70.3 Å². The molecule has 1 aromatic carbocycles. The van der Waals surface area contributed by atoms with Crippen molar-refractivity contribution in [3.05, 3.63) is 35.4 Å². The maximum atomic E-state index is 13.2. The van der Waals surface area contributed by atoms with E-state index in [1.165, 1.54) is 24.3 Å². The highest BCUT2D eigenvalue weighted by Crippen LogP contribution is 2.39. The third kappa shape index (κ3) is 5.21. The van der Waals surface area contributed by atoms with Crippen molar-refractivity contribution in [1.82, 2.24) is 9.80 Å². The van der Waals surface area contributed by atoms with Gasteiger partial charge >= 0.3 is 6.18 Å². The molecule has 1 heterocycles. The molecule has 1 saturated heterocycles. The van der Waals surface area contributed by atoms with Crippen LogP contribution in [0.25, 0.3) is 0 Å². The highest BCUT2D eigenvalue weighted by Gasteiger charge is 2.51. The van der Waals surface area contributed by atoms with Gasteiger partial charge in [0.1, 0.15) is 0 Å². The van der Waals surface area contributed by atoms with Gasteiger partial charge in [0.2, 0.25) is 0 Å². The zero-order valence-corrected chi connectivity index (χ0v) is 18.2. The van der Waals surface area contributed by atoms with E-state index in [0.717, 1.165) is 38.8 Å². The molecule has 0 bridgehead atoms. The highest BCUT2D eigenvalue weighted by molar-refractivity contribution is 5.95. The first-order valence-electron chi connectivity index (χ1n) is 10.7. The molecule has 1 amide bonds. The molecule has 2 fully saturated rings. The van der Waals surface area contributed by atoms with Crippen molar-refractivity contribution < 1.29 is 23.1 Å². The van der Waals surface area contributed by atoms with Crippen LogP contribution in [0.15, 0.2) is 24.3 Å². The predicted octanol–water partition coefficient (Wildman–Crippen LogP) is 4.08. The van der Waals surface area contributed by atoms with Crippen LogP contribution in [0.4, 0.5) is 13.2 Å². The van der Waals surface area contributed by atoms with E-state index in [1.807, 2.05) is 18.7 Å². The third-order valence-electron chi connectivity index (χ3n) is 6.29. The van der Waals surface area contributed by atoms with Gasteiger partial charge in [-0.3, -0.25) is 4.79 Å². The quantitative estimate of drug-likeness (QED) is 0.728. The Morgan fingerprint density at radius 3 is 2.06 bits per heavy atom. The lowest BCUT2D eigenvalue weighted by atomic mass is 9.92. The Balaban J connectivity index is 1.69. The lowest BCUT2D eigenvalue weighted by Gasteiger charge is -2.40. The van der Waals surface area contributed by atoms with Crippen LogP contribution in [-0.4, -0.2) is 58.7 Å². The van der Waals surface area contributed by atoms with Gasteiger partial charge in [-0.15, -0.1) is 0 Å². The Hall–Kier alpha value is -2.11. The number of carbonyl (C=O) groups excluding carboxylic acids is 1. The molecule has 31 heavy (non-hydrogen) atoms. The topological polar surface area (TPSA) is 67.6 Å². The van der Waals surface area contributed by atoms with Crippen molar-refractivity contribution >= 4 is 5.91 Å². The van der Waals surface area contributed by atoms with Gasteiger partial charge in [0, 0.05) is 37.3 Å². The third-order valence-corrected chi connectivity index (χ3v) is 6.29. The maximum absolute atomic E-state index is 13.2. The highest BCUT2D eigenvalue weighted by atomic mass is 19.4. The number of likely N-dealkylation sites (tertiary alicyclic amines) is 1. The van der Waals surface area contributed by atoms with Gasteiger partial charge in [0.25, 0.3) is 5.91 Å². The minimum absolute atomic E-state index is 0.0828. The van der Waals surface area contributed by atoms with Gasteiger partial charge in [0.05, 0.1) is 11.5 Å². The molecular weight excluding hydrogens is 407 g/mol. The first-order valence-corrected chi connectivity index (χ1v) is 10.7. The van der Waals surface area contributed by atoms with Gasteiger partial charge in [-0.2, -0.15) is 18.4 Å². The smallest absolute Gasteiger partial charge is 0.376 e. The lowest BCUT2D eigenvalue weighted by molar-refractivity contribution is -0.258. The maximum Gasteiger partial charge on any atom is 0.421 e. The SMILES string of the molecule is CC(C)(C#N)CN1CCC(N(C(=O)c2ccc(C(C)(O)C(F)(F)F)cc2)C2CC2)CC1. The van der Waals surface area contributed by atoms with Crippen molar-refractivity contribution in [1.29, 1.82) is 5.26 Å². The van der Waals surface area contributed by atoms with Crippen molar-refractivity contribution in [3.8, 4) is 6.07 Å². The number of rotatable bonds is 6. The second-order valence-corrected chi connectivity index (χ2v) is 9.59. The number of nitriles is 1. The van der Waals surface area contributed by atoms with E-state index in [4.69, 9.17) is 0 Å². The van der Waals surface area contributed by atoms with E-state index in [-0.39, 0.29) is 23.6 Å². The second kappa shape index (κ2) is 8.44. The molecule has 8 heteroatoms. The molecule has 2 aliphatic rings. The van der Waals surface area contributed by atoms with Gasteiger partial charge in [-0.25, -0.2) is 0 Å². The summed E-state index contributed by atoms with van der Waals surface area (Å²) in [4.78, 5) is 17.4. The fourth-order valence-electron chi connectivity index (χ4n) is 4.18. The fourth-order valence-corrected chi connectivity index (χ4v) is 4.18. The Kier molecular flexibility index (Phi) is 6.41. The van der Waals surface area contributed by atoms with Crippen molar-refractivity contribution in [3.63, 3.8) is 0 Å². The van der Waals surface area contributed by atoms with E-state index in [2.05, 4.69) is 11.0 Å². The number of halogens is 3. The number of benzene rings is 1. The molecule has 3 rings (SSSR count). The van der Waals surface area contributed by atoms with Crippen LogP contribution in [0.1, 0.15) is 62.4 Å². The number of amides is 1. The first kappa shape index (κ1) is 23.6. The average molecular weight is 438 g/mol. The van der Waals surface area contributed by atoms with Gasteiger partial charge in [-0.1, -0.05) is 12.1 Å². The summed E-state index contributed by atoms with van der Waals surface area (Å²) in [5.74, 6) is -0.170. The Labute approximate surface area is 181 Å². The number of alkyl halides is 3. The summed E-state index contributed by atoms with van der Waals surface area (Å²) in [7, 11) is 0. The van der Waals surface area contributed by atoms with Crippen LogP contribution in [0.5, 0.6) is 0 Å². The molecule has 1 aliphatic heterocycles. The molecule has 170 valence electrons. The fraction of sp³-hybridized carbons (Fsp3) is 0.652. The van der Waals surface area contributed by atoms with E-state index in [9.17, 15) is 28.3 Å². The van der Waals surface area contributed by atoms with Crippen LogP contribution >= 0.6 is 0 Å². The Bertz CT molecular complexity index is 831. The molecule has 1 atom stereocenters. The average Bonchev–Trinajstić information content (AvgIpc) is 3.53. The van der Waals surface area contributed by atoms with Crippen LogP contribution in [0.3, 0.4) is 0 Å². The van der Waals surface area contributed by atoms with E-state index < -0.39 is 17.2 Å². The molecular formula is C23H30F3N3O2. The number of piperidine rings is 1. The number of aliphatic hydroxyl groups is 1. The second-order valence-electron chi connectivity index (χ2n) is 9.59. The van der Waals surface area contributed by atoms with Gasteiger partial charge in [0.15, 0.2) is 5.60 Å². The van der Waals surface area contributed by atoms with Crippen LogP contribution in [-0.2, 0) is 5.60 Å². The van der Waals surface area contributed by atoms with E-state index in [0.29, 0.717) is 19.0 Å². The minimum Gasteiger partial charge on any atom is -0.376 e. The lowest BCUT2D eigenvalue weighted by Crippen LogP contribution is -2.49. The molecule has 1 aliphatic carbocycles. The molecule has 5 nitrogen and oxygen atoms in total. The minimum atomic E-state index is -4.80. The summed E-state index contributed by atoms with van der Waals surface area (Å²) in [6, 6.07) is 7.69. The summed E-state index contributed by atoms with van der Waals surface area (Å²) in [5, 5.41) is 19.1. The summed E-state index contributed by atoms with van der Waals surface area (Å²) >= 11 is 0. The molecule has 1 unspecified atom stereocenters. The van der Waals surface area contributed by atoms with Crippen LogP contribution in [0.2, 0.25) is 0 Å². The summed E-state index contributed by atoms with van der Waals surface area (Å²) < 4.78 is 39.2. The zero-order chi connectivity index (χ0) is 23.0. The molecule has 0 radical (unpaired) electrons. The summed E-state index contributed by atoms with van der Waals surface area (Å²) in [6.45, 7) is 6.84. The monoisotopic (exact) mass is 437 g/mol. The summed E-state index contributed by atoms with van der Waals surface area (Å²) in [6.07, 6.45) is -1.30. The number of nitrogens with zero attached hydrogens (tertiary/aromatic N) is 3. The predicted molar refractivity (Wildman–Crippen MR) is 110 cm³/mol. The van der Waals surface area contributed by atoms with Crippen molar-refractivity contribution in [2.75, 3.05) is 19.6 Å². The van der Waals surface area contributed by atoms with Gasteiger partial charge in [-0.05, 0) is 64.2 Å². The molecule has 1 N–H and O–H groups in total.